The van der Waals surface area contributed by atoms with E-state index in [4.69, 9.17) is 4.74 Å². The summed E-state index contributed by atoms with van der Waals surface area (Å²) in [7, 11) is 0. The van der Waals surface area contributed by atoms with Crippen LogP contribution in [0.3, 0.4) is 0 Å². The van der Waals surface area contributed by atoms with Gasteiger partial charge < -0.3 is 10.1 Å². The van der Waals surface area contributed by atoms with Crippen LogP contribution in [0.1, 0.15) is 47.0 Å². The summed E-state index contributed by atoms with van der Waals surface area (Å²) >= 11 is 5.46. The van der Waals surface area contributed by atoms with E-state index in [1.807, 2.05) is 20.8 Å². The Kier molecular flexibility index (Phi) is 9.35. The number of hydrogen-bond acceptors (Lipinski definition) is 5. The Labute approximate surface area is 125 Å². The van der Waals surface area contributed by atoms with Crippen LogP contribution in [-0.4, -0.2) is 34.4 Å². The smallest absolute Gasteiger partial charge is 0.407 e. The molecule has 0 aromatic rings. The van der Waals surface area contributed by atoms with Crippen molar-refractivity contribution in [1.82, 2.24) is 5.32 Å². The fraction of sp³-hybridized carbons (Fsp3) is 0.846. The van der Waals surface area contributed by atoms with Crippen LogP contribution in [-0.2, 0) is 9.53 Å². The molecule has 0 fully saturated rings. The van der Waals surface area contributed by atoms with Crippen LogP contribution in [0.2, 0.25) is 0 Å². The molecule has 0 heterocycles. The van der Waals surface area contributed by atoms with Gasteiger partial charge in [-0.1, -0.05) is 11.8 Å². The van der Waals surface area contributed by atoms with Gasteiger partial charge in [0, 0.05) is 18.7 Å². The monoisotopic (exact) mass is 307 g/mol. The molecule has 1 amide bonds. The molecule has 0 aromatic carbocycles. The molecule has 0 aliphatic rings. The summed E-state index contributed by atoms with van der Waals surface area (Å²) in [6, 6.07) is 0.0360. The van der Waals surface area contributed by atoms with E-state index in [-0.39, 0.29) is 11.2 Å². The third kappa shape index (κ3) is 12.4. The van der Waals surface area contributed by atoms with Crippen LogP contribution in [0.15, 0.2) is 0 Å². The average Bonchev–Trinajstić information content (AvgIpc) is 2.22. The number of amides is 1. The minimum atomic E-state index is -0.494. The fourth-order valence-corrected chi connectivity index (χ4v) is 2.32. The van der Waals surface area contributed by atoms with Gasteiger partial charge in [0.15, 0.2) is 5.12 Å². The zero-order valence-electron chi connectivity index (χ0n) is 12.2. The molecule has 0 aliphatic heterocycles. The molecule has 0 aromatic heterocycles. The van der Waals surface area contributed by atoms with Crippen molar-refractivity contribution < 1.29 is 14.3 Å². The Morgan fingerprint density at radius 1 is 1.32 bits per heavy atom. The van der Waals surface area contributed by atoms with Gasteiger partial charge >= 0.3 is 6.09 Å². The Bertz CT molecular complexity index is 290. The molecule has 0 bridgehead atoms. The summed E-state index contributed by atoms with van der Waals surface area (Å²) in [4.78, 5) is 22.6. The summed E-state index contributed by atoms with van der Waals surface area (Å²) in [6.07, 6.45) is 2.14. The molecule has 4 nitrogen and oxygen atoms in total. The van der Waals surface area contributed by atoms with Gasteiger partial charge in [-0.25, -0.2) is 4.79 Å². The molecule has 1 atom stereocenters. The van der Waals surface area contributed by atoms with Crippen molar-refractivity contribution in [2.45, 2.75) is 58.6 Å². The van der Waals surface area contributed by atoms with Gasteiger partial charge in [-0.15, -0.1) is 0 Å². The molecule has 0 rings (SSSR count). The van der Waals surface area contributed by atoms with Crippen molar-refractivity contribution in [3.05, 3.63) is 0 Å². The number of carbonyl (C=O) groups excluding carboxylic acids is 2. The number of alkyl carbamates (subject to hydrolysis) is 1. The summed E-state index contributed by atoms with van der Waals surface area (Å²) in [5, 5.41) is 2.96. The normalized spacial score (nSPS) is 12.9. The minimum Gasteiger partial charge on any atom is -0.444 e. The van der Waals surface area contributed by atoms with E-state index in [9.17, 15) is 9.59 Å². The molecule has 1 N–H and O–H groups in total. The number of thiol groups is 1. The first-order valence-corrected chi connectivity index (χ1v) is 8.10. The molecule has 0 spiro atoms. The van der Waals surface area contributed by atoms with E-state index in [0.717, 1.165) is 25.0 Å². The first kappa shape index (κ1) is 18.6. The number of thioether (sulfide) groups is 1. The van der Waals surface area contributed by atoms with E-state index >= 15 is 0 Å². The Morgan fingerprint density at radius 3 is 2.42 bits per heavy atom. The maximum absolute atomic E-state index is 11.7. The lowest BCUT2D eigenvalue weighted by molar-refractivity contribution is -0.109. The number of rotatable bonds is 7. The average molecular weight is 307 g/mol. The van der Waals surface area contributed by atoms with Crippen molar-refractivity contribution in [3.63, 3.8) is 0 Å². The standard InChI is InChI=1S/C13H25NO3S2/c1-10(15)19-9-7-11(6-5-8-18)14-12(16)17-13(2,3)4/h11,18H,5-9H2,1-4H3,(H,14,16)/t11-/m0/s1. The van der Waals surface area contributed by atoms with Gasteiger partial charge in [0.25, 0.3) is 0 Å². The molecule has 0 aliphatic carbocycles. The van der Waals surface area contributed by atoms with Gasteiger partial charge in [0.05, 0.1) is 0 Å². The lowest BCUT2D eigenvalue weighted by Crippen LogP contribution is -2.39. The quantitative estimate of drug-likeness (QED) is 0.709. The Morgan fingerprint density at radius 2 is 1.95 bits per heavy atom. The van der Waals surface area contributed by atoms with Gasteiger partial charge in [-0.2, -0.15) is 12.6 Å². The third-order valence-corrected chi connectivity index (χ3v) is 3.37. The molecule has 6 heteroatoms. The lowest BCUT2D eigenvalue weighted by atomic mass is 10.1. The molecule has 112 valence electrons. The topological polar surface area (TPSA) is 55.4 Å². The number of carbonyl (C=O) groups is 2. The highest BCUT2D eigenvalue weighted by Crippen LogP contribution is 2.12. The lowest BCUT2D eigenvalue weighted by Gasteiger charge is -2.23. The summed E-state index contributed by atoms with van der Waals surface area (Å²) < 4.78 is 5.23. The molecular weight excluding hydrogens is 282 g/mol. The summed E-state index contributed by atoms with van der Waals surface area (Å²) in [5.74, 6) is 1.49. The largest absolute Gasteiger partial charge is 0.444 e. The minimum absolute atomic E-state index is 0.0360. The van der Waals surface area contributed by atoms with Crippen molar-refractivity contribution in [3.8, 4) is 0 Å². The predicted octanol–water partition coefficient (Wildman–Crippen LogP) is 3.26. The van der Waals surface area contributed by atoms with Gasteiger partial charge in [-0.3, -0.25) is 4.79 Å². The Balaban J connectivity index is 4.17. The van der Waals surface area contributed by atoms with Crippen molar-refractivity contribution in [2.75, 3.05) is 11.5 Å². The van der Waals surface area contributed by atoms with E-state index in [0.29, 0.717) is 5.75 Å². The van der Waals surface area contributed by atoms with E-state index in [2.05, 4.69) is 17.9 Å². The second kappa shape index (κ2) is 9.53. The van der Waals surface area contributed by atoms with Crippen LogP contribution in [0.25, 0.3) is 0 Å². The molecule has 0 saturated carbocycles. The highest BCUT2D eigenvalue weighted by atomic mass is 32.2. The highest BCUT2D eigenvalue weighted by molar-refractivity contribution is 8.13. The summed E-state index contributed by atoms with van der Waals surface area (Å²) in [5.41, 5.74) is -0.494. The van der Waals surface area contributed by atoms with Crippen LogP contribution < -0.4 is 5.32 Å². The van der Waals surface area contributed by atoms with Crippen LogP contribution in [0.5, 0.6) is 0 Å². The maximum atomic E-state index is 11.7. The fourth-order valence-electron chi connectivity index (χ4n) is 1.45. The first-order valence-electron chi connectivity index (χ1n) is 6.48. The highest BCUT2D eigenvalue weighted by Gasteiger charge is 2.19. The molecular formula is C13H25NO3S2. The van der Waals surface area contributed by atoms with Crippen LogP contribution >= 0.6 is 24.4 Å². The van der Waals surface area contributed by atoms with Gasteiger partial charge in [0.2, 0.25) is 0 Å². The first-order chi connectivity index (χ1) is 8.74. The third-order valence-electron chi connectivity index (χ3n) is 2.20. The van der Waals surface area contributed by atoms with Crippen molar-refractivity contribution in [2.24, 2.45) is 0 Å². The zero-order valence-corrected chi connectivity index (χ0v) is 13.9. The predicted molar refractivity (Wildman–Crippen MR) is 84.0 cm³/mol. The number of nitrogens with one attached hydrogen (secondary N) is 1. The molecule has 0 radical (unpaired) electrons. The maximum Gasteiger partial charge on any atom is 0.407 e. The van der Waals surface area contributed by atoms with Gasteiger partial charge in [-0.05, 0) is 45.8 Å². The molecule has 0 saturated heterocycles. The van der Waals surface area contributed by atoms with Crippen molar-refractivity contribution in [1.29, 1.82) is 0 Å². The Hall–Kier alpha value is -0.360. The van der Waals surface area contributed by atoms with Crippen molar-refractivity contribution >= 4 is 35.6 Å². The second-order valence-electron chi connectivity index (χ2n) is 5.34. The molecule has 0 unspecified atom stereocenters. The zero-order chi connectivity index (χ0) is 14.9. The SMILES string of the molecule is CC(=O)SCC[C@H](CCCS)NC(=O)OC(C)(C)C. The van der Waals surface area contributed by atoms with Crippen LogP contribution in [0, 0.1) is 0 Å². The van der Waals surface area contributed by atoms with E-state index in [1.54, 1.807) is 6.92 Å². The van der Waals surface area contributed by atoms with Crippen LogP contribution in [0.4, 0.5) is 4.79 Å². The molecule has 19 heavy (non-hydrogen) atoms. The number of ether oxygens (including phenoxy) is 1. The van der Waals surface area contributed by atoms with E-state index < -0.39 is 11.7 Å². The second-order valence-corrected chi connectivity index (χ2v) is 7.06. The van der Waals surface area contributed by atoms with Gasteiger partial charge in [0.1, 0.15) is 5.60 Å². The summed E-state index contributed by atoms with van der Waals surface area (Å²) in [6.45, 7) is 7.05. The number of hydrogen-bond donors (Lipinski definition) is 2. The van der Waals surface area contributed by atoms with E-state index in [1.165, 1.54) is 11.8 Å².